The van der Waals surface area contributed by atoms with Crippen LogP contribution in [0.5, 0.6) is 0 Å². The first-order valence-electron chi connectivity index (χ1n) is 11.4. The normalized spacial score (nSPS) is 14.7. The molecule has 4 aromatic rings. The fraction of sp³-hybridized carbons (Fsp3) is 0.375. The molecule has 1 fully saturated rings. The van der Waals surface area contributed by atoms with E-state index < -0.39 is 0 Å². The van der Waals surface area contributed by atoms with Crippen molar-refractivity contribution in [1.29, 1.82) is 0 Å². The zero-order valence-corrected chi connectivity index (χ0v) is 20.0. The number of nitrogens with zero attached hydrogens (tertiary/aromatic N) is 5. The fourth-order valence-corrected chi connectivity index (χ4v) is 4.42. The van der Waals surface area contributed by atoms with E-state index >= 15 is 0 Å². The molecule has 8 nitrogen and oxygen atoms in total. The van der Waals surface area contributed by atoms with Crippen molar-refractivity contribution in [1.82, 2.24) is 29.7 Å². The van der Waals surface area contributed by atoms with E-state index in [0.717, 1.165) is 35.7 Å². The highest BCUT2D eigenvalue weighted by Gasteiger charge is 2.21. The molecule has 0 radical (unpaired) electrons. The number of aromatic nitrogens is 5. The third-order valence-corrected chi connectivity index (χ3v) is 6.25. The van der Waals surface area contributed by atoms with Gasteiger partial charge < -0.3 is 10.1 Å². The van der Waals surface area contributed by atoms with Crippen molar-refractivity contribution in [3.63, 3.8) is 0 Å². The van der Waals surface area contributed by atoms with Crippen LogP contribution in [-0.2, 0) is 24.1 Å². The Balaban J connectivity index is 1.60. The number of aryl methyl sites for hydroxylation is 2. The number of fused-ring (bicyclic) bond motifs is 1. The van der Waals surface area contributed by atoms with Crippen LogP contribution in [0.3, 0.4) is 0 Å². The van der Waals surface area contributed by atoms with Crippen LogP contribution < -0.4 is 5.32 Å². The van der Waals surface area contributed by atoms with Gasteiger partial charge in [-0.25, -0.2) is 13.9 Å². The summed E-state index contributed by atoms with van der Waals surface area (Å²) in [5.41, 5.74) is 5.04. The number of ether oxygens (including phenoxy) is 1. The van der Waals surface area contributed by atoms with Gasteiger partial charge in [-0.2, -0.15) is 10.2 Å². The SMILES string of the molecule is CCc1nn2c(CN3CCOCC3)cc(Nc3cc(C)[nH]n3)nc2c1Cc1ccc(Cl)cc1F. The Morgan fingerprint density at radius 1 is 1.18 bits per heavy atom. The van der Waals surface area contributed by atoms with Gasteiger partial charge in [0.05, 0.1) is 24.6 Å². The molecule has 0 bridgehead atoms. The number of H-pyrrole nitrogens is 1. The second-order valence-electron chi connectivity index (χ2n) is 8.51. The van der Waals surface area contributed by atoms with Crippen LogP contribution in [0, 0.1) is 12.7 Å². The lowest BCUT2D eigenvalue weighted by atomic mass is 10.0. The lowest BCUT2D eigenvalue weighted by molar-refractivity contribution is 0.0334. The van der Waals surface area contributed by atoms with E-state index in [0.29, 0.717) is 60.5 Å². The quantitative estimate of drug-likeness (QED) is 0.408. The molecule has 0 unspecified atom stereocenters. The predicted octanol–water partition coefficient (Wildman–Crippen LogP) is 4.28. The second kappa shape index (κ2) is 9.69. The highest BCUT2D eigenvalue weighted by molar-refractivity contribution is 6.30. The van der Waals surface area contributed by atoms with Crippen LogP contribution in [0.2, 0.25) is 5.02 Å². The topological polar surface area (TPSA) is 83.4 Å². The molecule has 0 spiro atoms. The van der Waals surface area contributed by atoms with Gasteiger partial charge in [0.2, 0.25) is 0 Å². The Bertz CT molecular complexity index is 1310. The van der Waals surface area contributed by atoms with Gasteiger partial charge in [0.25, 0.3) is 0 Å². The molecular weight excluding hydrogens is 457 g/mol. The van der Waals surface area contributed by atoms with Crippen molar-refractivity contribution < 1.29 is 9.13 Å². The standard InChI is InChI=1S/C24H27ClFN7O/c1-3-21-19(11-16-4-5-17(25)12-20(16)26)24-28-22(27-23-10-15(2)29-30-23)13-18(33(24)31-21)14-32-6-8-34-9-7-32/h4-5,10,12-13H,3,6-9,11,14H2,1-2H3,(H2,27,28,29,30). The number of halogens is 2. The molecule has 1 aliphatic rings. The fourth-order valence-electron chi connectivity index (χ4n) is 4.26. The zero-order chi connectivity index (χ0) is 23.7. The molecule has 34 heavy (non-hydrogen) atoms. The van der Waals surface area contributed by atoms with Crippen LogP contribution in [0.15, 0.2) is 30.3 Å². The Morgan fingerprint density at radius 3 is 2.71 bits per heavy atom. The average molecular weight is 484 g/mol. The minimum atomic E-state index is -0.330. The molecule has 0 aliphatic carbocycles. The molecule has 4 heterocycles. The highest BCUT2D eigenvalue weighted by atomic mass is 35.5. The molecular formula is C24H27ClFN7O. The maximum absolute atomic E-state index is 14.7. The van der Waals surface area contributed by atoms with E-state index in [-0.39, 0.29) is 5.82 Å². The third-order valence-electron chi connectivity index (χ3n) is 6.01. The third kappa shape index (κ3) is 4.77. The Morgan fingerprint density at radius 2 is 2.00 bits per heavy atom. The van der Waals surface area contributed by atoms with E-state index in [2.05, 4.69) is 27.3 Å². The van der Waals surface area contributed by atoms with Crippen molar-refractivity contribution >= 4 is 28.9 Å². The number of aromatic amines is 1. The summed E-state index contributed by atoms with van der Waals surface area (Å²) < 4.78 is 22.1. The number of benzene rings is 1. The monoisotopic (exact) mass is 483 g/mol. The predicted molar refractivity (Wildman–Crippen MR) is 129 cm³/mol. The molecule has 2 N–H and O–H groups in total. The summed E-state index contributed by atoms with van der Waals surface area (Å²) >= 11 is 5.97. The smallest absolute Gasteiger partial charge is 0.161 e. The van der Waals surface area contributed by atoms with Crippen molar-refractivity contribution in [2.45, 2.75) is 33.2 Å². The first-order valence-corrected chi connectivity index (χ1v) is 11.8. The highest BCUT2D eigenvalue weighted by Crippen LogP contribution is 2.26. The van der Waals surface area contributed by atoms with Crippen molar-refractivity contribution in [3.8, 4) is 0 Å². The summed E-state index contributed by atoms with van der Waals surface area (Å²) in [5.74, 6) is 1.03. The maximum Gasteiger partial charge on any atom is 0.161 e. The van der Waals surface area contributed by atoms with Crippen LogP contribution in [0.4, 0.5) is 16.0 Å². The minimum absolute atomic E-state index is 0.330. The first kappa shape index (κ1) is 22.8. The number of rotatable bonds is 7. The maximum atomic E-state index is 14.7. The van der Waals surface area contributed by atoms with E-state index in [1.165, 1.54) is 6.07 Å². The number of morpholine rings is 1. The van der Waals surface area contributed by atoms with Crippen LogP contribution in [0.25, 0.3) is 5.65 Å². The van der Waals surface area contributed by atoms with Crippen LogP contribution in [-0.4, -0.2) is 56.0 Å². The second-order valence-corrected chi connectivity index (χ2v) is 8.95. The van der Waals surface area contributed by atoms with Gasteiger partial charge in [-0.3, -0.25) is 10.00 Å². The molecule has 0 saturated carbocycles. The Kier molecular flexibility index (Phi) is 6.49. The van der Waals surface area contributed by atoms with Gasteiger partial charge >= 0.3 is 0 Å². The van der Waals surface area contributed by atoms with Gasteiger partial charge in [0.1, 0.15) is 11.6 Å². The lowest BCUT2D eigenvalue weighted by Crippen LogP contribution is -2.36. The molecule has 3 aromatic heterocycles. The zero-order valence-electron chi connectivity index (χ0n) is 19.2. The largest absolute Gasteiger partial charge is 0.379 e. The van der Waals surface area contributed by atoms with Gasteiger partial charge in [-0.15, -0.1) is 0 Å². The number of hydrogen-bond donors (Lipinski definition) is 2. The Labute approximate surface area is 202 Å². The molecule has 0 amide bonds. The summed E-state index contributed by atoms with van der Waals surface area (Å²) in [7, 11) is 0. The van der Waals surface area contributed by atoms with E-state index in [1.54, 1.807) is 12.1 Å². The van der Waals surface area contributed by atoms with Gasteiger partial charge in [0, 0.05) is 54.5 Å². The first-order chi connectivity index (χ1) is 16.5. The summed E-state index contributed by atoms with van der Waals surface area (Å²) in [6.07, 6.45) is 1.09. The number of hydrogen-bond acceptors (Lipinski definition) is 6. The van der Waals surface area contributed by atoms with E-state index in [1.807, 2.05) is 23.6 Å². The molecule has 1 aliphatic heterocycles. The van der Waals surface area contributed by atoms with E-state index in [9.17, 15) is 4.39 Å². The van der Waals surface area contributed by atoms with Crippen molar-refractivity contribution in [3.05, 3.63) is 69.4 Å². The van der Waals surface area contributed by atoms with Gasteiger partial charge in [0.15, 0.2) is 11.5 Å². The van der Waals surface area contributed by atoms with Crippen molar-refractivity contribution in [2.24, 2.45) is 0 Å². The van der Waals surface area contributed by atoms with Crippen LogP contribution >= 0.6 is 11.6 Å². The van der Waals surface area contributed by atoms with Crippen molar-refractivity contribution in [2.75, 3.05) is 31.6 Å². The molecule has 0 atom stereocenters. The average Bonchev–Trinajstić information content (AvgIpc) is 3.39. The minimum Gasteiger partial charge on any atom is -0.379 e. The lowest BCUT2D eigenvalue weighted by Gasteiger charge is -2.26. The number of nitrogens with one attached hydrogen (secondary N) is 2. The summed E-state index contributed by atoms with van der Waals surface area (Å²) in [6.45, 7) is 7.85. The Hall–Kier alpha value is -3.01. The molecule has 10 heteroatoms. The number of anilines is 2. The molecule has 178 valence electrons. The van der Waals surface area contributed by atoms with Crippen LogP contribution in [0.1, 0.15) is 35.1 Å². The molecule has 1 aromatic carbocycles. The van der Waals surface area contributed by atoms with E-state index in [4.69, 9.17) is 26.4 Å². The van der Waals surface area contributed by atoms with Gasteiger partial charge in [-0.1, -0.05) is 24.6 Å². The summed E-state index contributed by atoms with van der Waals surface area (Å²) in [4.78, 5) is 7.23. The summed E-state index contributed by atoms with van der Waals surface area (Å²) in [6, 6.07) is 8.71. The summed E-state index contributed by atoms with van der Waals surface area (Å²) in [5, 5.41) is 15.8. The molecule has 1 saturated heterocycles. The van der Waals surface area contributed by atoms with Gasteiger partial charge in [-0.05, 0) is 31.0 Å². The molecule has 5 rings (SSSR count).